The Morgan fingerprint density at radius 2 is 2.29 bits per heavy atom. The Bertz CT molecular complexity index is 587. The number of fused-ring (bicyclic) bond motifs is 1. The smallest absolute Gasteiger partial charge is 0.212 e. The molecule has 0 amide bonds. The van der Waals surface area contributed by atoms with Gasteiger partial charge in [-0.15, -0.1) is 0 Å². The Hall–Kier alpha value is -1.43. The molecule has 5 heteroatoms. The van der Waals surface area contributed by atoms with Crippen molar-refractivity contribution in [2.45, 2.75) is 32.4 Å². The fourth-order valence-electron chi connectivity index (χ4n) is 2.74. The molecule has 5 nitrogen and oxygen atoms in total. The molecule has 0 aliphatic carbocycles. The van der Waals surface area contributed by atoms with Gasteiger partial charge in [0.2, 0.25) is 5.89 Å². The van der Waals surface area contributed by atoms with E-state index in [1.54, 1.807) is 0 Å². The Kier molecular flexibility index (Phi) is 4.53. The standard InChI is InChI=1S/C16H24N4O/c1-2-13(17)16-19-14-10-12(4-5-15(14)21-16)11-20-8-3-6-18-7-9-20/h4-5,10,13,18H,2-3,6-9,11,17H2,1H3. The summed E-state index contributed by atoms with van der Waals surface area (Å²) in [5.41, 5.74) is 9.02. The lowest BCUT2D eigenvalue weighted by Crippen LogP contribution is -2.27. The number of aromatic nitrogens is 1. The summed E-state index contributed by atoms with van der Waals surface area (Å²) in [5, 5.41) is 3.43. The predicted octanol–water partition coefficient (Wildman–Crippen LogP) is 2.03. The Balaban J connectivity index is 1.76. The van der Waals surface area contributed by atoms with Crippen LogP contribution in [0.15, 0.2) is 22.6 Å². The maximum Gasteiger partial charge on any atom is 0.212 e. The first-order chi connectivity index (χ1) is 10.3. The van der Waals surface area contributed by atoms with Crippen LogP contribution in [0.4, 0.5) is 0 Å². The second kappa shape index (κ2) is 6.56. The third-order valence-electron chi connectivity index (χ3n) is 4.06. The second-order valence-corrected chi connectivity index (χ2v) is 5.75. The highest BCUT2D eigenvalue weighted by Gasteiger charge is 2.14. The van der Waals surface area contributed by atoms with Gasteiger partial charge in [-0.05, 0) is 43.6 Å². The van der Waals surface area contributed by atoms with Gasteiger partial charge in [-0.2, -0.15) is 0 Å². The molecule has 1 unspecified atom stereocenters. The average Bonchev–Trinajstić information content (AvgIpc) is 2.75. The number of rotatable bonds is 4. The van der Waals surface area contributed by atoms with E-state index in [9.17, 15) is 0 Å². The highest BCUT2D eigenvalue weighted by Crippen LogP contribution is 2.22. The van der Waals surface area contributed by atoms with Crippen molar-refractivity contribution in [1.82, 2.24) is 15.2 Å². The lowest BCUT2D eigenvalue weighted by atomic mass is 10.2. The molecule has 3 rings (SSSR count). The number of nitrogens with one attached hydrogen (secondary N) is 1. The predicted molar refractivity (Wildman–Crippen MR) is 84.0 cm³/mol. The highest BCUT2D eigenvalue weighted by atomic mass is 16.3. The van der Waals surface area contributed by atoms with E-state index in [2.05, 4.69) is 27.3 Å². The molecule has 2 aromatic rings. The van der Waals surface area contributed by atoms with Crippen molar-refractivity contribution in [3.63, 3.8) is 0 Å². The fourth-order valence-corrected chi connectivity index (χ4v) is 2.74. The van der Waals surface area contributed by atoms with Crippen LogP contribution in [0, 0.1) is 0 Å². The minimum absolute atomic E-state index is 0.113. The molecule has 1 aromatic carbocycles. The summed E-state index contributed by atoms with van der Waals surface area (Å²) in [4.78, 5) is 7.02. The van der Waals surface area contributed by atoms with Gasteiger partial charge in [0.15, 0.2) is 5.58 Å². The van der Waals surface area contributed by atoms with Gasteiger partial charge in [-0.1, -0.05) is 13.0 Å². The summed E-state index contributed by atoms with van der Waals surface area (Å²) in [5.74, 6) is 0.642. The van der Waals surface area contributed by atoms with E-state index < -0.39 is 0 Å². The highest BCUT2D eigenvalue weighted by molar-refractivity contribution is 5.73. The second-order valence-electron chi connectivity index (χ2n) is 5.75. The molecular weight excluding hydrogens is 264 g/mol. The molecule has 1 aliphatic rings. The van der Waals surface area contributed by atoms with E-state index in [1.165, 1.54) is 12.0 Å². The first-order valence-corrected chi connectivity index (χ1v) is 7.84. The Labute approximate surface area is 125 Å². The van der Waals surface area contributed by atoms with Gasteiger partial charge in [-0.3, -0.25) is 4.90 Å². The van der Waals surface area contributed by atoms with E-state index in [0.29, 0.717) is 5.89 Å². The lowest BCUT2D eigenvalue weighted by molar-refractivity contribution is 0.284. The summed E-state index contributed by atoms with van der Waals surface area (Å²) >= 11 is 0. The molecule has 0 saturated carbocycles. The average molecular weight is 288 g/mol. The van der Waals surface area contributed by atoms with Gasteiger partial charge in [0, 0.05) is 19.6 Å². The van der Waals surface area contributed by atoms with Crippen LogP contribution in [0.5, 0.6) is 0 Å². The quantitative estimate of drug-likeness (QED) is 0.901. The SMILES string of the molecule is CCC(N)c1nc2cc(CN3CCCNCC3)ccc2o1. The Morgan fingerprint density at radius 3 is 3.14 bits per heavy atom. The summed E-state index contributed by atoms with van der Waals surface area (Å²) in [6, 6.07) is 6.16. The number of hydrogen-bond donors (Lipinski definition) is 2. The number of nitrogens with two attached hydrogens (primary N) is 1. The summed E-state index contributed by atoms with van der Waals surface area (Å²) < 4.78 is 5.73. The van der Waals surface area contributed by atoms with Gasteiger partial charge in [0.25, 0.3) is 0 Å². The van der Waals surface area contributed by atoms with Crippen LogP contribution >= 0.6 is 0 Å². The number of nitrogens with zero attached hydrogens (tertiary/aromatic N) is 2. The molecule has 1 aromatic heterocycles. The molecule has 1 atom stereocenters. The zero-order valence-electron chi connectivity index (χ0n) is 12.6. The number of hydrogen-bond acceptors (Lipinski definition) is 5. The normalized spacial score (nSPS) is 18.8. The van der Waals surface area contributed by atoms with Crippen LogP contribution in [-0.4, -0.2) is 36.1 Å². The van der Waals surface area contributed by atoms with E-state index >= 15 is 0 Å². The zero-order valence-corrected chi connectivity index (χ0v) is 12.6. The van der Waals surface area contributed by atoms with Crippen molar-refractivity contribution in [2.24, 2.45) is 5.73 Å². The van der Waals surface area contributed by atoms with Gasteiger partial charge in [0.05, 0.1) is 6.04 Å². The molecule has 1 fully saturated rings. The molecular formula is C16H24N4O. The van der Waals surface area contributed by atoms with Crippen LogP contribution < -0.4 is 11.1 Å². The maximum absolute atomic E-state index is 5.99. The topological polar surface area (TPSA) is 67.3 Å². The summed E-state index contributed by atoms with van der Waals surface area (Å²) in [6.07, 6.45) is 2.04. The summed E-state index contributed by atoms with van der Waals surface area (Å²) in [6.45, 7) is 7.45. The number of oxazole rings is 1. The minimum atomic E-state index is -0.113. The van der Waals surface area contributed by atoms with Gasteiger partial charge < -0.3 is 15.5 Å². The minimum Gasteiger partial charge on any atom is -0.439 e. The van der Waals surface area contributed by atoms with Crippen LogP contribution in [-0.2, 0) is 6.54 Å². The molecule has 2 heterocycles. The van der Waals surface area contributed by atoms with Crippen molar-refractivity contribution < 1.29 is 4.42 Å². The van der Waals surface area contributed by atoms with Crippen molar-refractivity contribution in [3.8, 4) is 0 Å². The molecule has 114 valence electrons. The molecule has 21 heavy (non-hydrogen) atoms. The molecule has 0 bridgehead atoms. The van der Waals surface area contributed by atoms with Gasteiger partial charge >= 0.3 is 0 Å². The first-order valence-electron chi connectivity index (χ1n) is 7.84. The lowest BCUT2D eigenvalue weighted by Gasteiger charge is -2.19. The van der Waals surface area contributed by atoms with Crippen LogP contribution in [0.1, 0.15) is 37.3 Å². The van der Waals surface area contributed by atoms with Gasteiger partial charge in [-0.25, -0.2) is 4.98 Å². The number of benzene rings is 1. The molecule has 1 saturated heterocycles. The van der Waals surface area contributed by atoms with Crippen molar-refractivity contribution in [1.29, 1.82) is 0 Å². The maximum atomic E-state index is 5.99. The monoisotopic (exact) mass is 288 g/mol. The largest absolute Gasteiger partial charge is 0.439 e. The third-order valence-corrected chi connectivity index (χ3v) is 4.06. The van der Waals surface area contributed by atoms with E-state index in [-0.39, 0.29) is 6.04 Å². The van der Waals surface area contributed by atoms with E-state index in [0.717, 1.165) is 50.2 Å². The third kappa shape index (κ3) is 3.43. The van der Waals surface area contributed by atoms with Crippen molar-refractivity contribution in [3.05, 3.63) is 29.7 Å². The van der Waals surface area contributed by atoms with E-state index in [4.69, 9.17) is 10.2 Å². The van der Waals surface area contributed by atoms with Crippen molar-refractivity contribution in [2.75, 3.05) is 26.2 Å². The van der Waals surface area contributed by atoms with Gasteiger partial charge in [0.1, 0.15) is 5.52 Å². The van der Waals surface area contributed by atoms with Crippen LogP contribution in [0.25, 0.3) is 11.1 Å². The van der Waals surface area contributed by atoms with Crippen LogP contribution in [0.3, 0.4) is 0 Å². The molecule has 3 N–H and O–H groups in total. The molecule has 0 spiro atoms. The Morgan fingerprint density at radius 1 is 1.38 bits per heavy atom. The molecule has 0 radical (unpaired) electrons. The fraction of sp³-hybridized carbons (Fsp3) is 0.562. The summed E-state index contributed by atoms with van der Waals surface area (Å²) in [7, 11) is 0. The van der Waals surface area contributed by atoms with E-state index in [1.807, 2.05) is 13.0 Å². The zero-order chi connectivity index (χ0) is 14.7. The first kappa shape index (κ1) is 14.5. The molecule has 1 aliphatic heterocycles. The van der Waals surface area contributed by atoms with Crippen LogP contribution in [0.2, 0.25) is 0 Å². The van der Waals surface area contributed by atoms with Crippen molar-refractivity contribution >= 4 is 11.1 Å².